The average Bonchev–Trinajstić information content (AvgIpc) is 2.47. The second kappa shape index (κ2) is 5.39. The van der Waals surface area contributed by atoms with Gasteiger partial charge >= 0.3 is 0 Å². The van der Waals surface area contributed by atoms with E-state index in [2.05, 4.69) is 22.1 Å². The SMILES string of the molecule is Cc1cc(C(N)Cc2ccnc3ccccc23)ccn1. The molecular weight excluding hydrogens is 246 g/mol. The summed E-state index contributed by atoms with van der Waals surface area (Å²) < 4.78 is 0. The third-order valence-corrected chi connectivity index (χ3v) is 3.53. The van der Waals surface area contributed by atoms with Gasteiger partial charge in [-0.25, -0.2) is 0 Å². The molecule has 2 heterocycles. The molecule has 1 atom stereocenters. The van der Waals surface area contributed by atoms with Crippen molar-refractivity contribution in [3.63, 3.8) is 0 Å². The fourth-order valence-electron chi connectivity index (χ4n) is 2.49. The van der Waals surface area contributed by atoms with E-state index in [1.165, 1.54) is 10.9 Å². The molecule has 3 heteroatoms. The number of fused-ring (bicyclic) bond motifs is 1. The Morgan fingerprint density at radius 2 is 1.85 bits per heavy atom. The van der Waals surface area contributed by atoms with E-state index in [4.69, 9.17) is 5.73 Å². The molecule has 0 aliphatic heterocycles. The zero-order valence-corrected chi connectivity index (χ0v) is 11.5. The minimum atomic E-state index is -0.0255. The first-order chi connectivity index (χ1) is 9.74. The minimum absolute atomic E-state index is 0.0255. The molecule has 1 aromatic carbocycles. The second-order valence-electron chi connectivity index (χ2n) is 5.03. The number of para-hydroxylation sites is 1. The molecule has 100 valence electrons. The van der Waals surface area contributed by atoms with Crippen LogP contribution in [0.2, 0.25) is 0 Å². The van der Waals surface area contributed by atoms with E-state index < -0.39 is 0 Å². The molecule has 2 aromatic heterocycles. The Kier molecular flexibility index (Phi) is 3.44. The zero-order chi connectivity index (χ0) is 13.9. The number of pyridine rings is 2. The molecule has 3 aromatic rings. The van der Waals surface area contributed by atoms with Gasteiger partial charge < -0.3 is 5.73 Å². The van der Waals surface area contributed by atoms with Crippen LogP contribution in [0.1, 0.15) is 22.9 Å². The lowest BCUT2D eigenvalue weighted by Crippen LogP contribution is -2.14. The summed E-state index contributed by atoms with van der Waals surface area (Å²) in [7, 11) is 0. The molecule has 1 unspecified atom stereocenters. The molecular formula is C17H17N3. The predicted molar refractivity (Wildman–Crippen MR) is 81.3 cm³/mol. The lowest BCUT2D eigenvalue weighted by molar-refractivity contribution is 0.722. The summed E-state index contributed by atoms with van der Waals surface area (Å²) in [4.78, 5) is 8.60. The van der Waals surface area contributed by atoms with E-state index in [-0.39, 0.29) is 6.04 Å². The van der Waals surface area contributed by atoms with Crippen LogP contribution in [-0.2, 0) is 6.42 Å². The second-order valence-corrected chi connectivity index (χ2v) is 5.03. The predicted octanol–water partition coefficient (Wildman–Crippen LogP) is 3.18. The lowest BCUT2D eigenvalue weighted by atomic mass is 9.97. The van der Waals surface area contributed by atoms with Crippen molar-refractivity contribution in [2.75, 3.05) is 0 Å². The molecule has 0 fully saturated rings. The highest BCUT2D eigenvalue weighted by molar-refractivity contribution is 5.81. The van der Waals surface area contributed by atoms with E-state index in [0.29, 0.717) is 0 Å². The van der Waals surface area contributed by atoms with Gasteiger partial charge in [0.2, 0.25) is 0 Å². The number of aryl methyl sites for hydroxylation is 1. The molecule has 0 amide bonds. The average molecular weight is 263 g/mol. The van der Waals surface area contributed by atoms with Crippen LogP contribution in [-0.4, -0.2) is 9.97 Å². The minimum Gasteiger partial charge on any atom is -0.324 e. The van der Waals surface area contributed by atoms with Crippen LogP contribution < -0.4 is 5.73 Å². The van der Waals surface area contributed by atoms with Gasteiger partial charge in [-0.2, -0.15) is 0 Å². The fraction of sp³-hybridized carbons (Fsp3) is 0.176. The summed E-state index contributed by atoms with van der Waals surface area (Å²) in [5.74, 6) is 0. The van der Waals surface area contributed by atoms with Crippen molar-refractivity contribution >= 4 is 10.9 Å². The van der Waals surface area contributed by atoms with Crippen LogP contribution in [0, 0.1) is 6.92 Å². The highest BCUT2D eigenvalue weighted by atomic mass is 14.7. The molecule has 3 nitrogen and oxygen atoms in total. The van der Waals surface area contributed by atoms with Crippen molar-refractivity contribution < 1.29 is 0 Å². The van der Waals surface area contributed by atoms with Crippen molar-refractivity contribution in [2.24, 2.45) is 5.73 Å². The number of rotatable bonds is 3. The summed E-state index contributed by atoms with van der Waals surface area (Å²) >= 11 is 0. The van der Waals surface area contributed by atoms with Crippen LogP contribution in [0.5, 0.6) is 0 Å². The fourth-order valence-corrected chi connectivity index (χ4v) is 2.49. The standard InChI is InChI=1S/C17H17N3/c1-12-10-14(7-8-19-12)16(18)11-13-6-9-20-17-5-3-2-4-15(13)17/h2-10,16H,11,18H2,1H3. The van der Waals surface area contributed by atoms with E-state index in [0.717, 1.165) is 23.2 Å². The van der Waals surface area contributed by atoms with E-state index in [9.17, 15) is 0 Å². The van der Waals surface area contributed by atoms with Crippen molar-refractivity contribution in [1.29, 1.82) is 0 Å². The number of nitrogens with two attached hydrogens (primary N) is 1. The van der Waals surface area contributed by atoms with E-state index >= 15 is 0 Å². The van der Waals surface area contributed by atoms with Crippen molar-refractivity contribution in [3.05, 3.63) is 71.7 Å². The summed E-state index contributed by atoms with van der Waals surface area (Å²) in [6.07, 6.45) is 4.46. The van der Waals surface area contributed by atoms with Gasteiger partial charge in [-0.05, 0) is 48.7 Å². The zero-order valence-electron chi connectivity index (χ0n) is 11.5. The van der Waals surface area contributed by atoms with Gasteiger partial charge in [0.15, 0.2) is 0 Å². The largest absolute Gasteiger partial charge is 0.324 e. The molecule has 0 radical (unpaired) electrons. The molecule has 0 bridgehead atoms. The van der Waals surface area contributed by atoms with Gasteiger partial charge in [0.25, 0.3) is 0 Å². The Morgan fingerprint density at radius 3 is 2.70 bits per heavy atom. The number of hydrogen-bond donors (Lipinski definition) is 1. The molecule has 0 saturated carbocycles. The van der Waals surface area contributed by atoms with Crippen molar-refractivity contribution in [1.82, 2.24) is 9.97 Å². The van der Waals surface area contributed by atoms with Crippen molar-refractivity contribution in [3.8, 4) is 0 Å². The summed E-state index contributed by atoms with van der Waals surface area (Å²) in [5, 5.41) is 1.18. The highest BCUT2D eigenvalue weighted by Gasteiger charge is 2.10. The lowest BCUT2D eigenvalue weighted by Gasteiger charge is -2.14. The van der Waals surface area contributed by atoms with Gasteiger partial charge in [-0.15, -0.1) is 0 Å². The quantitative estimate of drug-likeness (QED) is 0.789. The van der Waals surface area contributed by atoms with Crippen LogP contribution in [0.15, 0.2) is 54.9 Å². The summed E-state index contributed by atoms with van der Waals surface area (Å²) in [6.45, 7) is 1.98. The molecule has 2 N–H and O–H groups in total. The topological polar surface area (TPSA) is 51.8 Å². The summed E-state index contributed by atoms with van der Waals surface area (Å²) in [6, 6.07) is 14.2. The Bertz CT molecular complexity index is 732. The number of hydrogen-bond acceptors (Lipinski definition) is 3. The third kappa shape index (κ3) is 2.53. The Morgan fingerprint density at radius 1 is 1.05 bits per heavy atom. The number of nitrogens with zero attached hydrogens (tertiary/aromatic N) is 2. The maximum absolute atomic E-state index is 6.34. The Hall–Kier alpha value is -2.26. The Balaban J connectivity index is 1.93. The maximum atomic E-state index is 6.34. The summed E-state index contributed by atoms with van der Waals surface area (Å²) in [5.41, 5.74) is 10.7. The number of benzene rings is 1. The normalized spacial score (nSPS) is 12.5. The van der Waals surface area contributed by atoms with Gasteiger partial charge in [0, 0.05) is 29.5 Å². The Labute approximate surface area is 118 Å². The van der Waals surface area contributed by atoms with Crippen LogP contribution in [0.3, 0.4) is 0 Å². The van der Waals surface area contributed by atoms with Crippen LogP contribution in [0.25, 0.3) is 10.9 Å². The molecule has 0 aliphatic carbocycles. The monoisotopic (exact) mass is 263 g/mol. The van der Waals surface area contributed by atoms with Crippen molar-refractivity contribution in [2.45, 2.75) is 19.4 Å². The van der Waals surface area contributed by atoms with Gasteiger partial charge in [0.1, 0.15) is 0 Å². The van der Waals surface area contributed by atoms with E-state index in [1.807, 2.05) is 49.6 Å². The molecule has 3 rings (SSSR count). The van der Waals surface area contributed by atoms with Crippen LogP contribution in [0.4, 0.5) is 0 Å². The molecule has 20 heavy (non-hydrogen) atoms. The van der Waals surface area contributed by atoms with E-state index in [1.54, 1.807) is 0 Å². The smallest absolute Gasteiger partial charge is 0.0704 e. The van der Waals surface area contributed by atoms with Crippen LogP contribution >= 0.6 is 0 Å². The first-order valence-corrected chi connectivity index (χ1v) is 6.75. The first kappa shape index (κ1) is 12.8. The van der Waals surface area contributed by atoms with Gasteiger partial charge in [0.05, 0.1) is 5.52 Å². The van der Waals surface area contributed by atoms with Gasteiger partial charge in [-0.3, -0.25) is 9.97 Å². The maximum Gasteiger partial charge on any atom is 0.0704 e. The molecule has 0 spiro atoms. The molecule has 0 aliphatic rings. The van der Waals surface area contributed by atoms with Gasteiger partial charge in [-0.1, -0.05) is 18.2 Å². The molecule has 0 saturated heterocycles. The third-order valence-electron chi connectivity index (χ3n) is 3.53. The first-order valence-electron chi connectivity index (χ1n) is 6.75. The number of aromatic nitrogens is 2. The highest BCUT2D eigenvalue weighted by Crippen LogP contribution is 2.22.